The Balaban J connectivity index is 0.00000225. The van der Waals surface area contributed by atoms with Crippen molar-refractivity contribution in [3.8, 4) is 5.69 Å². The van der Waals surface area contributed by atoms with Crippen LogP contribution in [0.1, 0.15) is 51.3 Å². The second-order valence-corrected chi connectivity index (χ2v) is 6.96. The van der Waals surface area contributed by atoms with E-state index in [-0.39, 0.29) is 30.3 Å². The Kier molecular flexibility index (Phi) is 6.19. The first-order chi connectivity index (χ1) is 11.5. The second-order valence-electron chi connectivity index (χ2n) is 6.96. The summed E-state index contributed by atoms with van der Waals surface area (Å²) < 4.78 is 1.71. The van der Waals surface area contributed by atoms with Gasteiger partial charge >= 0.3 is 0 Å². The molecule has 136 valence electrons. The number of nitrogens with zero attached hydrogens (tertiary/aromatic N) is 3. The van der Waals surface area contributed by atoms with Crippen molar-refractivity contribution >= 4 is 18.3 Å². The van der Waals surface area contributed by atoms with Crippen molar-refractivity contribution in [2.45, 2.75) is 51.1 Å². The topological polar surface area (TPSA) is 85.8 Å². The van der Waals surface area contributed by atoms with Crippen molar-refractivity contribution in [3.63, 3.8) is 0 Å². The van der Waals surface area contributed by atoms with Gasteiger partial charge in [-0.3, -0.25) is 4.79 Å². The van der Waals surface area contributed by atoms with E-state index in [1.54, 1.807) is 4.68 Å². The first-order valence-electron chi connectivity index (χ1n) is 8.54. The number of nitrogens with two attached hydrogens (primary N) is 1. The molecule has 0 bridgehead atoms. The molecule has 1 aromatic heterocycles. The zero-order chi connectivity index (χ0) is 17.2. The minimum Gasteiger partial charge on any atom is -0.348 e. The number of hydrogen-bond acceptors (Lipinski definition) is 4. The molecule has 3 unspecified atom stereocenters. The third kappa shape index (κ3) is 4.38. The van der Waals surface area contributed by atoms with Crippen LogP contribution in [0.3, 0.4) is 0 Å². The van der Waals surface area contributed by atoms with Gasteiger partial charge in [-0.1, -0.05) is 36.3 Å². The lowest BCUT2D eigenvalue weighted by molar-refractivity contribution is -0.128. The van der Waals surface area contributed by atoms with E-state index >= 15 is 0 Å². The van der Waals surface area contributed by atoms with Gasteiger partial charge in [-0.05, 0) is 38.8 Å². The summed E-state index contributed by atoms with van der Waals surface area (Å²) in [4.78, 5) is 12.6. The zero-order valence-corrected chi connectivity index (χ0v) is 15.5. The van der Waals surface area contributed by atoms with Crippen molar-refractivity contribution in [1.29, 1.82) is 0 Å². The predicted molar refractivity (Wildman–Crippen MR) is 99.7 cm³/mol. The lowest BCUT2D eigenvalue weighted by Gasteiger charge is -2.37. The standard InChI is InChI=1S/C18H25N5O.ClH/c1-13(20-17(24)15-10-6-7-11-18(15,2)19)16-12-23(22-21-16)14-8-4-3-5-9-14;/h3-5,8-9,12-13,15H,6-7,10-11,19H2,1-2H3,(H,20,24);1H. The number of nitrogens with one attached hydrogen (secondary N) is 1. The van der Waals surface area contributed by atoms with Gasteiger partial charge in [0.05, 0.1) is 23.8 Å². The lowest BCUT2D eigenvalue weighted by atomic mass is 9.74. The maximum atomic E-state index is 12.6. The van der Waals surface area contributed by atoms with E-state index in [1.165, 1.54) is 0 Å². The number of benzene rings is 1. The van der Waals surface area contributed by atoms with E-state index in [4.69, 9.17) is 5.73 Å². The molecule has 3 rings (SSSR count). The van der Waals surface area contributed by atoms with E-state index in [0.717, 1.165) is 37.1 Å². The Hall–Kier alpha value is -1.92. The number of carbonyl (C=O) groups excluding carboxylic acids is 1. The summed E-state index contributed by atoms with van der Waals surface area (Å²) in [5, 5.41) is 11.4. The van der Waals surface area contributed by atoms with Crippen LogP contribution in [0, 0.1) is 5.92 Å². The van der Waals surface area contributed by atoms with Crippen LogP contribution >= 0.6 is 12.4 Å². The van der Waals surface area contributed by atoms with Crippen LogP contribution in [-0.4, -0.2) is 26.4 Å². The molecule has 0 saturated heterocycles. The van der Waals surface area contributed by atoms with Crippen LogP contribution in [0.4, 0.5) is 0 Å². The third-order valence-corrected chi connectivity index (χ3v) is 4.91. The molecule has 1 aromatic carbocycles. The molecule has 3 N–H and O–H groups in total. The van der Waals surface area contributed by atoms with Crippen LogP contribution in [0.5, 0.6) is 0 Å². The van der Waals surface area contributed by atoms with Gasteiger partial charge in [0, 0.05) is 5.54 Å². The van der Waals surface area contributed by atoms with Crippen molar-refractivity contribution < 1.29 is 4.79 Å². The number of rotatable bonds is 4. The highest BCUT2D eigenvalue weighted by Gasteiger charge is 2.38. The molecule has 1 fully saturated rings. The Morgan fingerprint density at radius 3 is 2.76 bits per heavy atom. The van der Waals surface area contributed by atoms with Crippen LogP contribution in [0.25, 0.3) is 5.69 Å². The number of amides is 1. The SMILES string of the molecule is CC(NC(=O)C1CCCCC1(C)N)c1cn(-c2ccccc2)nn1.Cl. The third-order valence-electron chi connectivity index (χ3n) is 4.91. The van der Waals surface area contributed by atoms with Crippen LogP contribution in [-0.2, 0) is 4.79 Å². The Morgan fingerprint density at radius 2 is 2.08 bits per heavy atom. The summed E-state index contributed by atoms with van der Waals surface area (Å²) in [5.74, 6) is -0.126. The summed E-state index contributed by atoms with van der Waals surface area (Å²) >= 11 is 0. The van der Waals surface area contributed by atoms with Crippen molar-refractivity contribution in [3.05, 3.63) is 42.2 Å². The predicted octanol–water partition coefficient (Wildman–Crippen LogP) is 2.77. The number of hydrogen-bond donors (Lipinski definition) is 2. The molecule has 3 atom stereocenters. The van der Waals surface area contributed by atoms with Gasteiger partial charge in [-0.15, -0.1) is 17.5 Å². The zero-order valence-electron chi connectivity index (χ0n) is 14.7. The number of carbonyl (C=O) groups is 1. The van der Waals surface area contributed by atoms with Gasteiger partial charge in [0.1, 0.15) is 5.69 Å². The Bertz CT molecular complexity index is 701. The van der Waals surface area contributed by atoms with Crippen LogP contribution < -0.4 is 11.1 Å². The minimum atomic E-state index is -0.427. The van der Waals surface area contributed by atoms with Crippen molar-refractivity contribution in [2.75, 3.05) is 0 Å². The fourth-order valence-corrected chi connectivity index (χ4v) is 3.36. The van der Waals surface area contributed by atoms with E-state index < -0.39 is 5.54 Å². The van der Waals surface area contributed by atoms with Gasteiger partial charge in [0.2, 0.25) is 5.91 Å². The Labute approximate surface area is 154 Å². The number of halogens is 1. The molecule has 0 aliphatic heterocycles. The quantitative estimate of drug-likeness (QED) is 0.874. The summed E-state index contributed by atoms with van der Waals surface area (Å²) in [6, 6.07) is 9.58. The molecule has 0 spiro atoms. The van der Waals surface area contributed by atoms with E-state index in [9.17, 15) is 4.79 Å². The molecule has 6 nitrogen and oxygen atoms in total. The fraction of sp³-hybridized carbons (Fsp3) is 0.500. The van der Waals surface area contributed by atoms with Crippen molar-refractivity contribution in [2.24, 2.45) is 11.7 Å². The van der Waals surface area contributed by atoms with Crippen molar-refractivity contribution in [1.82, 2.24) is 20.3 Å². The van der Waals surface area contributed by atoms with E-state index in [1.807, 2.05) is 50.4 Å². The highest BCUT2D eigenvalue weighted by Crippen LogP contribution is 2.32. The average molecular weight is 364 g/mol. The summed E-state index contributed by atoms with van der Waals surface area (Å²) in [5.41, 5.74) is 7.58. The maximum absolute atomic E-state index is 12.6. The second kappa shape index (κ2) is 7.97. The first kappa shape index (κ1) is 19.4. The average Bonchev–Trinajstić information content (AvgIpc) is 3.05. The maximum Gasteiger partial charge on any atom is 0.225 e. The van der Waals surface area contributed by atoms with Gasteiger partial charge in [-0.25, -0.2) is 4.68 Å². The highest BCUT2D eigenvalue weighted by molar-refractivity contribution is 5.85. The number of aromatic nitrogens is 3. The van der Waals surface area contributed by atoms with E-state index in [2.05, 4.69) is 15.6 Å². The minimum absolute atomic E-state index is 0. The van der Waals surface area contributed by atoms with Gasteiger partial charge in [-0.2, -0.15) is 0 Å². The molecule has 2 aromatic rings. The Morgan fingerprint density at radius 1 is 1.36 bits per heavy atom. The van der Waals surface area contributed by atoms with Gasteiger partial charge < -0.3 is 11.1 Å². The largest absolute Gasteiger partial charge is 0.348 e. The summed E-state index contributed by atoms with van der Waals surface area (Å²) in [6.45, 7) is 3.90. The smallest absolute Gasteiger partial charge is 0.225 e. The van der Waals surface area contributed by atoms with Crippen LogP contribution in [0.2, 0.25) is 0 Å². The number of para-hydroxylation sites is 1. The molecule has 0 radical (unpaired) electrons. The van der Waals surface area contributed by atoms with E-state index in [0.29, 0.717) is 0 Å². The highest BCUT2D eigenvalue weighted by atomic mass is 35.5. The summed E-state index contributed by atoms with van der Waals surface area (Å²) in [7, 11) is 0. The molecule has 1 aliphatic carbocycles. The first-order valence-corrected chi connectivity index (χ1v) is 8.54. The van der Waals surface area contributed by atoms with Gasteiger partial charge in [0.15, 0.2) is 0 Å². The monoisotopic (exact) mass is 363 g/mol. The van der Waals surface area contributed by atoms with Gasteiger partial charge in [0.25, 0.3) is 0 Å². The molecular formula is C18H26ClN5O. The molecule has 1 saturated carbocycles. The molecule has 1 amide bonds. The molecule has 1 heterocycles. The summed E-state index contributed by atoms with van der Waals surface area (Å²) in [6.07, 6.45) is 5.75. The normalized spacial score (nSPS) is 24.2. The molecular weight excluding hydrogens is 338 g/mol. The molecule has 1 aliphatic rings. The lowest BCUT2D eigenvalue weighted by Crippen LogP contribution is -2.53. The molecule has 25 heavy (non-hydrogen) atoms. The van der Waals surface area contributed by atoms with Crippen LogP contribution in [0.15, 0.2) is 36.5 Å². The molecule has 7 heteroatoms. The fourth-order valence-electron chi connectivity index (χ4n) is 3.36.